The molecule has 2 heterocycles. The fourth-order valence-corrected chi connectivity index (χ4v) is 4.27. The first-order chi connectivity index (χ1) is 15.2. The molecule has 1 aliphatic rings. The van der Waals surface area contributed by atoms with Crippen LogP contribution in [-0.2, 0) is 11.3 Å². The van der Waals surface area contributed by atoms with E-state index in [1.54, 1.807) is 10.6 Å². The number of hydrogen-bond donors (Lipinski definition) is 2. The minimum Gasteiger partial charge on any atom is -0.387 e. The highest BCUT2D eigenvalue weighted by Gasteiger charge is 2.18. The van der Waals surface area contributed by atoms with Gasteiger partial charge in [-0.3, -0.25) is 4.79 Å². The molecular weight excluding hydrogens is 388 g/mol. The van der Waals surface area contributed by atoms with Crippen molar-refractivity contribution >= 4 is 34.1 Å². The Morgan fingerprint density at radius 1 is 1.10 bits per heavy atom. The lowest BCUT2D eigenvalue weighted by Gasteiger charge is -2.30. The van der Waals surface area contributed by atoms with E-state index in [0.29, 0.717) is 19.8 Å². The molecule has 1 aromatic heterocycles. The van der Waals surface area contributed by atoms with Gasteiger partial charge in [0.2, 0.25) is 0 Å². The normalized spacial score (nSPS) is 15.0. The quantitative estimate of drug-likeness (QED) is 0.476. The van der Waals surface area contributed by atoms with Crippen LogP contribution in [0.1, 0.15) is 18.1 Å². The number of rotatable bonds is 6. The molecule has 1 aliphatic heterocycles. The van der Waals surface area contributed by atoms with Gasteiger partial charge >= 0.3 is 0 Å². The summed E-state index contributed by atoms with van der Waals surface area (Å²) in [5.41, 5.74) is 5.51. The summed E-state index contributed by atoms with van der Waals surface area (Å²) in [6.07, 6.45) is 1.39. The third-order valence-corrected chi connectivity index (χ3v) is 5.79. The molecule has 1 saturated heterocycles. The van der Waals surface area contributed by atoms with Gasteiger partial charge in [0.25, 0.3) is 5.56 Å². The van der Waals surface area contributed by atoms with Gasteiger partial charge < -0.3 is 24.9 Å². The van der Waals surface area contributed by atoms with Crippen LogP contribution >= 0.6 is 0 Å². The molecule has 1 fully saturated rings. The number of nitrogens with zero attached hydrogens (tertiary/aromatic N) is 2. The van der Waals surface area contributed by atoms with Gasteiger partial charge in [-0.15, -0.1) is 0 Å². The van der Waals surface area contributed by atoms with Gasteiger partial charge in [-0.2, -0.15) is 0 Å². The Morgan fingerprint density at radius 2 is 1.84 bits per heavy atom. The molecule has 0 amide bonds. The van der Waals surface area contributed by atoms with E-state index in [-0.39, 0.29) is 5.56 Å². The molecule has 160 valence electrons. The minimum atomic E-state index is 0.00672. The number of nitrogens with one attached hydrogen (secondary N) is 2. The number of hydrogen-bond acceptors (Lipinski definition) is 5. The summed E-state index contributed by atoms with van der Waals surface area (Å²) in [6, 6.07) is 17.9. The highest BCUT2D eigenvalue weighted by atomic mass is 16.5. The van der Waals surface area contributed by atoms with Crippen molar-refractivity contribution in [2.24, 2.45) is 0 Å². The number of fused-ring (bicyclic) bond motifs is 1. The van der Waals surface area contributed by atoms with Gasteiger partial charge in [0.15, 0.2) is 0 Å². The molecule has 3 aromatic rings. The predicted molar refractivity (Wildman–Crippen MR) is 128 cm³/mol. The third kappa shape index (κ3) is 3.99. The zero-order chi connectivity index (χ0) is 21.8. The van der Waals surface area contributed by atoms with Crippen LogP contribution in [0.25, 0.3) is 22.2 Å². The van der Waals surface area contributed by atoms with E-state index in [4.69, 9.17) is 10.1 Å². The van der Waals surface area contributed by atoms with Crippen molar-refractivity contribution in [3.05, 3.63) is 76.1 Å². The molecule has 0 spiro atoms. The van der Waals surface area contributed by atoms with Crippen LogP contribution in [0.5, 0.6) is 0 Å². The number of morpholine rings is 1. The Bertz CT molecular complexity index is 1180. The van der Waals surface area contributed by atoms with Crippen molar-refractivity contribution in [1.82, 2.24) is 9.88 Å². The van der Waals surface area contributed by atoms with E-state index >= 15 is 0 Å². The average molecular weight is 417 g/mol. The number of pyridine rings is 1. The second-order valence-electron chi connectivity index (χ2n) is 7.49. The van der Waals surface area contributed by atoms with Crippen LogP contribution in [0.4, 0.5) is 5.69 Å². The van der Waals surface area contributed by atoms with Crippen molar-refractivity contribution < 1.29 is 4.74 Å². The molecule has 2 aromatic carbocycles. The summed E-state index contributed by atoms with van der Waals surface area (Å²) < 4.78 is 7.31. The van der Waals surface area contributed by atoms with Gasteiger partial charge in [0.1, 0.15) is 0 Å². The maximum atomic E-state index is 12.8. The fourth-order valence-electron chi connectivity index (χ4n) is 4.27. The molecule has 6 nitrogen and oxygen atoms in total. The Morgan fingerprint density at radius 3 is 2.48 bits per heavy atom. The van der Waals surface area contributed by atoms with Gasteiger partial charge in [-0.1, -0.05) is 36.4 Å². The molecule has 0 bridgehead atoms. The first-order valence-electron chi connectivity index (χ1n) is 10.7. The predicted octanol–water partition coefficient (Wildman–Crippen LogP) is 3.60. The van der Waals surface area contributed by atoms with Crippen molar-refractivity contribution in [3.63, 3.8) is 0 Å². The van der Waals surface area contributed by atoms with Gasteiger partial charge in [-0.05, 0) is 30.2 Å². The van der Waals surface area contributed by atoms with Crippen molar-refractivity contribution in [3.8, 4) is 0 Å². The molecule has 4 rings (SSSR count). The summed E-state index contributed by atoms with van der Waals surface area (Å²) in [5.74, 6) is 0. The number of benzene rings is 2. The summed E-state index contributed by atoms with van der Waals surface area (Å²) in [7, 11) is 1.88. The Kier molecular flexibility index (Phi) is 6.18. The highest BCUT2D eigenvalue weighted by Crippen LogP contribution is 2.31. The Hall–Kier alpha value is -3.38. The number of ether oxygens (including phenoxy) is 1. The lowest BCUT2D eigenvalue weighted by atomic mass is 9.98. The number of allylic oxidation sites excluding steroid dienone is 1. The number of aryl methyl sites for hydroxylation is 1. The van der Waals surface area contributed by atoms with E-state index in [1.807, 2.05) is 56.4 Å². The molecular formula is C25H28N4O2. The van der Waals surface area contributed by atoms with E-state index in [0.717, 1.165) is 52.1 Å². The first kappa shape index (κ1) is 20.9. The molecule has 31 heavy (non-hydrogen) atoms. The lowest BCUT2D eigenvalue weighted by molar-refractivity contribution is 0.123. The third-order valence-electron chi connectivity index (χ3n) is 5.79. The first-order valence-corrected chi connectivity index (χ1v) is 10.7. The van der Waals surface area contributed by atoms with Gasteiger partial charge in [0, 0.05) is 49.9 Å². The summed E-state index contributed by atoms with van der Waals surface area (Å²) >= 11 is 0. The largest absolute Gasteiger partial charge is 0.387 e. The summed E-state index contributed by atoms with van der Waals surface area (Å²) in [5, 5.41) is 12.4. The molecule has 0 radical (unpaired) electrons. The molecule has 0 atom stereocenters. The Labute approximate surface area is 182 Å². The van der Waals surface area contributed by atoms with Crippen molar-refractivity contribution in [2.45, 2.75) is 13.5 Å². The van der Waals surface area contributed by atoms with E-state index in [9.17, 15) is 4.79 Å². The highest BCUT2D eigenvalue weighted by molar-refractivity contribution is 6.18. The molecule has 6 heteroatoms. The standard InChI is InChI=1S/C25H28N4O2/c1-3-29-22-10-9-19(21(17-26)25(27-2)18-7-5-4-6-8-18)15-20(22)23(16-24(29)30)28-11-13-31-14-12-28/h4-10,15-17,26-27H,3,11-14H2,1-2H3/b25-21+,26-17?. The van der Waals surface area contributed by atoms with Crippen molar-refractivity contribution in [2.75, 3.05) is 38.3 Å². The maximum absolute atomic E-state index is 12.8. The second kappa shape index (κ2) is 9.18. The number of anilines is 1. The lowest BCUT2D eigenvalue weighted by Crippen LogP contribution is -2.37. The summed E-state index contributed by atoms with van der Waals surface area (Å²) in [6.45, 7) is 5.42. The van der Waals surface area contributed by atoms with Crippen LogP contribution in [0.15, 0.2) is 59.4 Å². The van der Waals surface area contributed by atoms with Crippen molar-refractivity contribution in [1.29, 1.82) is 5.41 Å². The minimum absolute atomic E-state index is 0.00672. The zero-order valence-corrected chi connectivity index (χ0v) is 18.0. The van der Waals surface area contributed by atoms with E-state index in [2.05, 4.69) is 16.3 Å². The average Bonchev–Trinajstić information content (AvgIpc) is 2.83. The topological polar surface area (TPSA) is 70.3 Å². The molecule has 0 saturated carbocycles. The second-order valence-corrected chi connectivity index (χ2v) is 7.49. The van der Waals surface area contributed by atoms with E-state index in [1.165, 1.54) is 6.21 Å². The molecule has 2 N–H and O–H groups in total. The van der Waals surface area contributed by atoms with Crippen LogP contribution in [0, 0.1) is 5.41 Å². The van der Waals surface area contributed by atoms with Crippen LogP contribution < -0.4 is 15.8 Å². The maximum Gasteiger partial charge on any atom is 0.253 e. The van der Waals surface area contributed by atoms with Gasteiger partial charge in [-0.25, -0.2) is 0 Å². The van der Waals surface area contributed by atoms with Crippen LogP contribution in [0.3, 0.4) is 0 Å². The monoisotopic (exact) mass is 416 g/mol. The van der Waals surface area contributed by atoms with Crippen LogP contribution in [0.2, 0.25) is 0 Å². The SMILES string of the molecule is CCn1c(=O)cc(N2CCOCC2)c2cc(/C(C=N)=C(/NC)c3ccccc3)ccc21. The smallest absolute Gasteiger partial charge is 0.253 e. The fraction of sp³-hybridized carbons (Fsp3) is 0.280. The van der Waals surface area contributed by atoms with Gasteiger partial charge in [0.05, 0.1) is 30.1 Å². The molecule has 0 unspecified atom stereocenters. The van der Waals surface area contributed by atoms with Crippen LogP contribution in [-0.4, -0.2) is 44.1 Å². The zero-order valence-electron chi connectivity index (χ0n) is 18.0. The van der Waals surface area contributed by atoms with E-state index < -0.39 is 0 Å². The Balaban J connectivity index is 1.95. The summed E-state index contributed by atoms with van der Waals surface area (Å²) in [4.78, 5) is 15.0. The number of aromatic nitrogens is 1. The molecule has 0 aliphatic carbocycles.